The summed E-state index contributed by atoms with van der Waals surface area (Å²) >= 11 is 2.09. The first kappa shape index (κ1) is 16.1. The Bertz CT molecular complexity index is 310. The Morgan fingerprint density at radius 1 is 1.24 bits per heavy atom. The van der Waals surface area contributed by atoms with Crippen LogP contribution in [0.2, 0.25) is 0 Å². The monoisotopic (exact) mass is 311 g/mol. The van der Waals surface area contributed by atoms with Gasteiger partial charge in [-0.2, -0.15) is 11.8 Å². The molecule has 122 valence electrons. The highest BCUT2D eigenvalue weighted by molar-refractivity contribution is 7.99. The van der Waals surface area contributed by atoms with E-state index >= 15 is 0 Å². The Morgan fingerprint density at radius 3 is 2.81 bits per heavy atom. The van der Waals surface area contributed by atoms with Gasteiger partial charge in [-0.05, 0) is 56.7 Å². The first-order valence-electron chi connectivity index (χ1n) is 9.20. The Hall–Kier alpha value is 0.270. The maximum absolute atomic E-state index is 6.20. The predicted molar refractivity (Wildman–Crippen MR) is 92.0 cm³/mol. The van der Waals surface area contributed by atoms with Gasteiger partial charge in [-0.25, -0.2) is 0 Å². The summed E-state index contributed by atoms with van der Waals surface area (Å²) < 4.78 is 6.20. The first-order chi connectivity index (χ1) is 10.3. The van der Waals surface area contributed by atoms with Crippen LogP contribution in [0.25, 0.3) is 0 Å². The molecule has 2 saturated heterocycles. The molecule has 3 heteroatoms. The van der Waals surface area contributed by atoms with E-state index in [9.17, 15) is 0 Å². The van der Waals surface area contributed by atoms with Crippen LogP contribution in [0.4, 0.5) is 0 Å². The molecule has 1 saturated carbocycles. The van der Waals surface area contributed by atoms with Crippen molar-refractivity contribution in [3.8, 4) is 0 Å². The minimum Gasteiger partial charge on any atom is -0.374 e. The van der Waals surface area contributed by atoms with E-state index in [1.54, 1.807) is 0 Å². The van der Waals surface area contributed by atoms with E-state index in [4.69, 9.17) is 4.74 Å². The van der Waals surface area contributed by atoms with Crippen molar-refractivity contribution in [1.82, 2.24) is 5.32 Å². The Morgan fingerprint density at radius 2 is 2.10 bits per heavy atom. The summed E-state index contributed by atoms with van der Waals surface area (Å²) in [7, 11) is 2.18. The number of rotatable bonds is 5. The summed E-state index contributed by atoms with van der Waals surface area (Å²) in [4.78, 5) is 0. The molecule has 2 nitrogen and oxygen atoms in total. The van der Waals surface area contributed by atoms with Gasteiger partial charge in [0.15, 0.2) is 0 Å². The second-order valence-corrected chi connectivity index (χ2v) is 8.67. The molecule has 3 atom stereocenters. The highest BCUT2D eigenvalue weighted by Gasteiger charge is 2.42. The third-order valence-electron chi connectivity index (χ3n) is 6.15. The highest BCUT2D eigenvalue weighted by atomic mass is 32.2. The summed E-state index contributed by atoms with van der Waals surface area (Å²) in [6, 6.07) is 0.721. The average molecular weight is 312 g/mol. The van der Waals surface area contributed by atoms with E-state index in [-0.39, 0.29) is 5.60 Å². The van der Waals surface area contributed by atoms with Crippen LogP contribution in [0.5, 0.6) is 0 Å². The number of ether oxygens (including phenoxy) is 1. The fourth-order valence-electron chi connectivity index (χ4n) is 4.78. The molecule has 0 radical (unpaired) electrons. The Labute approximate surface area is 135 Å². The Kier molecular flexibility index (Phi) is 5.92. The van der Waals surface area contributed by atoms with Crippen molar-refractivity contribution in [2.24, 2.45) is 11.8 Å². The maximum atomic E-state index is 6.20. The lowest BCUT2D eigenvalue weighted by atomic mass is 9.78. The van der Waals surface area contributed by atoms with Crippen LogP contribution in [0.15, 0.2) is 0 Å². The predicted octanol–water partition coefficient (Wildman–Crippen LogP) is 4.24. The fraction of sp³-hybridized carbons (Fsp3) is 1.00. The minimum absolute atomic E-state index is 0.244. The van der Waals surface area contributed by atoms with Crippen molar-refractivity contribution in [1.29, 1.82) is 0 Å². The smallest absolute Gasteiger partial charge is 0.0783 e. The van der Waals surface area contributed by atoms with Crippen LogP contribution in [-0.2, 0) is 4.74 Å². The molecule has 21 heavy (non-hydrogen) atoms. The van der Waals surface area contributed by atoms with Crippen molar-refractivity contribution in [2.75, 3.05) is 25.2 Å². The minimum atomic E-state index is 0.244. The molecule has 2 heterocycles. The van der Waals surface area contributed by atoms with Gasteiger partial charge in [-0.15, -0.1) is 0 Å². The van der Waals surface area contributed by atoms with Crippen molar-refractivity contribution in [3.05, 3.63) is 0 Å². The summed E-state index contributed by atoms with van der Waals surface area (Å²) in [5, 5.41) is 3.66. The normalized spacial score (nSPS) is 36.1. The molecule has 3 unspecified atom stereocenters. The van der Waals surface area contributed by atoms with Gasteiger partial charge in [-0.1, -0.05) is 32.1 Å². The lowest BCUT2D eigenvalue weighted by Crippen LogP contribution is -2.46. The number of nitrogens with one attached hydrogen (secondary N) is 1. The van der Waals surface area contributed by atoms with E-state index in [1.165, 1.54) is 75.7 Å². The molecule has 0 bridgehead atoms. The third-order valence-corrected chi connectivity index (χ3v) is 7.37. The molecule has 3 aliphatic rings. The summed E-state index contributed by atoms with van der Waals surface area (Å²) in [5.74, 6) is 4.40. The summed E-state index contributed by atoms with van der Waals surface area (Å²) in [6.45, 7) is 0.993. The van der Waals surface area contributed by atoms with Crippen molar-refractivity contribution in [3.63, 3.8) is 0 Å². The van der Waals surface area contributed by atoms with Gasteiger partial charge in [0.25, 0.3) is 0 Å². The Balaban J connectivity index is 1.50. The quantitative estimate of drug-likeness (QED) is 0.820. The van der Waals surface area contributed by atoms with Gasteiger partial charge in [-0.3, -0.25) is 0 Å². The van der Waals surface area contributed by atoms with E-state index in [0.717, 1.165) is 24.5 Å². The van der Waals surface area contributed by atoms with Gasteiger partial charge >= 0.3 is 0 Å². The van der Waals surface area contributed by atoms with E-state index in [1.807, 2.05) is 0 Å². The molecule has 3 rings (SSSR count). The van der Waals surface area contributed by atoms with Crippen LogP contribution in [-0.4, -0.2) is 36.8 Å². The van der Waals surface area contributed by atoms with Gasteiger partial charge in [0.1, 0.15) is 0 Å². The largest absolute Gasteiger partial charge is 0.374 e. The summed E-state index contributed by atoms with van der Waals surface area (Å²) in [5.41, 5.74) is 0.244. The molecule has 0 aromatic carbocycles. The van der Waals surface area contributed by atoms with Crippen LogP contribution in [0.1, 0.15) is 64.2 Å². The summed E-state index contributed by atoms with van der Waals surface area (Å²) in [6.07, 6.45) is 14.1. The molecule has 0 aromatic heterocycles. The van der Waals surface area contributed by atoms with Crippen molar-refractivity contribution >= 4 is 11.8 Å². The van der Waals surface area contributed by atoms with Gasteiger partial charge in [0.2, 0.25) is 0 Å². The molecule has 1 N–H and O–H groups in total. The fourth-order valence-corrected chi connectivity index (χ4v) is 6.16. The topological polar surface area (TPSA) is 21.3 Å². The van der Waals surface area contributed by atoms with Crippen LogP contribution >= 0.6 is 11.8 Å². The second kappa shape index (κ2) is 7.70. The first-order valence-corrected chi connectivity index (χ1v) is 10.4. The number of hydrogen-bond acceptors (Lipinski definition) is 3. The average Bonchev–Trinajstić information content (AvgIpc) is 2.97. The van der Waals surface area contributed by atoms with E-state index in [0.29, 0.717) is 0 Å². The molecular formula is C18H33NOS. The lowest BCUT2D eigenvalue weighted by Gasteiger charge is -2.41. The highest BCUT2D eigenvalue weighted by Crippen LogP contribution is 2.42. The lowest BCUT2D eigenvalue weighted by molar-refractivity contribution is -0.0854. The third kappa shape index (κ3) is 4.17. The molecular weight excluding hydrogens is 278 g/mol. The van der Waals surface area contributed by atoms with Crippen LogP contribution in [0.3, 0.4) is 0 Å². The van der Waals surface area contributed by atoms with Crippen LogP contribution < -0.4 is 5.32 Å². The SMILES string of the molecule is CNC(CCC1CCCCC1)C1CCOC2(CCSC2)C1. The zero-order chi connectivity index (χ0) is 14.5. The van der Waals surface area contributed by atoms with E-state index < -0.39 is 0 Å². The van der Waals surface area contributed by atoms with Crippen molar-refractivity contribution in [2.45, 2.75) is 75.9 Å². The zero-order valence-corrected chi connectivity index (χ0v) is 14.6. The van der Waals surface area contributed by atoms with Gasteiger partial charge in [0, 0.05) is 18.4 Å². The molecule has 3 fully saturated rings. The molecule has 2 aliphatic heterocycles. The molecule has 1 aliphatic carbocycles. The molecule has 0 amide bonds. The van der Waals surface area contributed by atoms with E-state index in [2.05, 4.69) is 24.1 Å². The van der Waals surface area contributed by atoms with Crippen LogP contribution in [0, 0.1) is 11.8 Å². The zero-order valence-electron chi connectivity index (χ0n) is 13.7. The molecule has 0 aromatic rings. The van der Waals surface area contributed by atoms with Crippen molar-refractivity contribution < 1.29 is 4.74 Å². The van der Waals surface area contributed by atoms with Gasteiger partial charge < -0.3 is 10.1 Å². The second-order valence-electron chi connectivity index (χ2n) is 7.56. The standard InChI is InChI=1S/C18H33NOS/c1-19-17(8-7-15-5-3-2-4-6-15)16-9-11-20-18(13-16)10-12-21-14-18/h15-17,19H,2-14H2,1H3. The molecule has 1 spiro atoms. The maximum Gasteiger partial charge on any atom is 0.0783 e. The number of hydrogen-bond donors (Lipinski definition) is 1. The number of thioether (sulfide) groups is 1. The van der Waals surface area contributed by atoms with Gasteiger partial charge in [0.05, 0.1) is 5.60 Å².